The maximum Gasteiger partial charge on any atom is 0.249 e. The summed E-state index contributed by atoms with van der Waals surface area (Å²) in [6.07, 6.45) is 0.747. The summed E-state index contributed by atoms with van der Waals surface area (Å²) in [5.74, 6) is 0.481. The summed E-state index contributed by atoms with van der Waals surface area (Å²) in [6.45, 7) is 3.93. The largest absolute Gasteiger partial charge is 0.497 e. The normalized spacial score (nSPS) is 12.6. The van der Waals surface area contributed by atoms with Crippen molar-refractivity contribution in [3.8, 4) is 16.3 Å². The number of nitrogens with zero attached hydrogens (tertiary/aromatic N) is 2. The van der Waals surface area contributed by atoms with Crippen molar-refractivity contribution in [2.24, 2.45) is 5.92 Å². The number of thioether (sulfide) groups is 1. The number of amides is 2. The molecule has 1 aromatic heterocycles. The van der Waals surface area contributed by atoms with Gasteiger partial charge in [-0.15, -0.1) is 22.0 Å². The van der Waals surface area contributed by atoms with E-state index in [9.17, 15) is 9.59 Å². The minimum absolute atomic E-state index is 0.0327. The van der Waals surface area contributed by atoms with E-state index in [1.807, 2.05) is 68.4 Å². The maximum absolute atomic E-state index is 12.9. The molecule has 9 heteroatoms. The van der Waals surface area contributed by atoms with Gasteiger partial charge in [-0.1, -0.05) is 49.8 Å². The van der Waals surface area contributed by atoms with Crippen LogP contribution < -0.4 is 15.4 Å². The fourth-order valence-corrected chi connectivity index (χ4v) is 4.37. The van der Waals surface area contributed by atoms with Crippen LogP contribution in [0.3, 0.4) is 0 Å². The Morgan fingerprint density at radius 1 is 1.09 bits per heavy atom. The SMILES string of the molecule is CCC(C)C(NC(=O)CSc1ccccc1)C(=O)Nc1nnc(-c2ccc(OC)cc2)s1. The molecule has 0 radical (unpaired) electrons. The molecule has 0 saturated carbocycles. The molecule has 32 heavy (non-hydrogen) atoms. The highest BCUT2D eigenvalue weighted by Gasteiger charge is 2.27. The Balaban J connectivity index is 1.61. The van der Waals surface area contributed by atoms with E-state index in [1.165, 1.54) is 23.1 Å². The fourth-order valence-electron chi connectivity index (χ4n) is 2.89. The first kappa shape index (κ1) is 23.7. The zero-order chi connectivity index (χ0) is 22.9. The third kappa shape index (κ3) is 6.54. The Labute approximate surface area is 196 Å². The molecule has 2 N–H and O–H groups in total. The summed E-state index contributed by atoms with van der Waals surface area (Å²) in [5.41, 5.74) is 0.883. The lowest BCUT2D eigenvalue weighted by molar-refractivity contribution is -0.126. The number of nitrogens with one attached hydrogen (secondary N) is 2. The van der Waals surface area contributed by atoms with Crippen LogP contribution in [0.5, 0.6) is 5.75 Å². The zero-order valence-electron chi connectivity index (χ0n) is 18.2. The Bertz CT molecular complexity index is 1030. The summed E-state index contributed by atoms with van der Waals surface area (Å²) in [5, 5.41) is 15.0. The highest BCUT2D eigenvalue weighted by atomic mass is 32.2. The monoisotopic (exact) mass is 470 g/mol. The van der Waals surface area contributed by atoms with E-state index in [0.717, 1.165) is 22.6 Å². The zero-order valence-corrected chi connectivity index (χ0v) is 19.8. The van der Waals surface area contributed by atoms with Gasteiger partial charge in [0.05, 0.1) is 12.9 Å². The molecule has 2 atom stereocenters. The topological polar surface area (TPSA) is 93.2 Å². The van der Waals surface area contributed by atoms with Crippen molar-refractivity contribution in [3.63, 3.8) is 0 Å². The van der Waals surface area contributed by atoms with E-state index in [4.69, 9.17) is 4.74 Å². The second-order valence-corrected chi connectivity index (χ2v) is 9.19. The molecule has 2 unspecified atom stereocenters. The molecule has 3 rings (SSSR count). The van der Waals surface area contributed by atoms with Gasteiger partial charge in [-0.05, 0) is 42.3 Å². The summed E-state index contributed by atoms with van der Waals surface area (Å²) in [6, 6.07) is 16.5. The number of rotatable bonds is 10. The Kier molecular flexibility index (Phi) is 8.64. The van der Waals surface area contributed by atoms with E-state index in [-0.39, 0.29) is 23.5 Å². The van der Waals surface area contributed by atoms with Crippen LogP contribution >= 0.6 is 23.1 Å². The smallest absolute Gasteiger partial charge is 0.249 e. The Morgan fingerprint density at radius 2 is 1.81 bits per heavy atom. The van der Waals surface area contributed by atoms with Crippen LogP contribution in [0.2, 0.25) is 0 Å². The predicted octanol–water partition coefficient (Wildman–Crippen LogP) is 4.48. The second-order valence-electron chi connectivity index (χ2n) is 7.16. The van der Waals surface area contributed by atoms with E-state index in [0.29, 0.717) is 10.1 Å². The van der Waals surface area contributed by atoms with Gasteiger partial charge in [0.2, 0.25) is 16.9 Å². The molecular formula is C23H26N4O3S2. The van der Waals surface area contributed by atoms with Crippen molar-refractivity contribution in [3.05, 3.63) is 54.6 Å². The minimum atomic E-state index is -0.655. The number of ether oxygens (including phenoxy) is 1. The summed E-state index contributed by atoms with van der Waals surface area (Å²) in [7, 11) is 1.61. The number of hydrogen-bond acceptors (Lipinski definition) is 7. The molecule has 1 heterocycles. The number of methoxy groups -OCH3 is 1. The van der Waals surface area contributed by atoms with Crippen LogP contribution in [0.1, 0.15) is 20.3 Å². The number of benzene rings is 2. The lowest BCUT2D eigenvalue weighted by atomic mass is 9.98. The molecule has 168 valence electrons. The molecule has 0 fully saturated rings. The van der Waals surface area contributed by atoms with Crippen LogP contribution in [-0.2, 0) is 9.59 Å². The molecule has 2 aromatic carbocycles. The van der Waals surface area contributed by atoms with Gasteiger partial charge in [0.25, 0.3) is 0 Å². The molecule has 0 saturated heterocycles. The molecule has 0 bridgehead atoms. The van der Waals surface area contributed by atoms with E-state index >= 15 is 0 Å². The number of carbonyl (C=O) groups excluding carboxylic acids is 2. The van der Waals surface area contributed by atoms with Crippen molar-refractivity contribution in [2.75, 3.05) is 18.2 Å². The van der Waals surface area contributed by atoms with Gasteiger partial charge >= 0.3 is 0 Å². The standard InChI is InChI=1S/C23H26N4O3S2/c1-4-15(2)20(24-19(28)14-31-18-8-6-5-7-9-18)21(29)25-23-27-26-22(32-23)16-10-12-17(30-3)13-11-16/h5-13,15,20H,4,14H2,1-3H3,(H,24,28)(H,25,27,29). The van der Waals surface area contributed by atoms with Gasteiger partial charge in [-0.25, -0.2) is 0 Å². The first-order valence-electron chi connectivity index (χ1n) is 10.3. The predicted molar refractivity (Wildman–Crippen MR) is 129 cm³/mol. The molecular weight excluding hydrogens is 444 g/mol. The highest BCUT2D eigenvalue weighted by Crippen LogP contribution is 2.28. The second kappa shape index (κ2) is 11.6. The number of anilines is 1. The molecule has 2 amide bonds. The van der Waals surface area contributed by atoms with Gasteiger partial charge < -0.3 is 10.1 Å². The van der Waals surface area contributed by atoms with Crippen molar-refractivity contribution in [1.29, 1.82) is 0 Å². The fraction of sp³-hybridized carbons (Fsp3) is 0.304. The molecule has 0 aliphatic heterocycles. The van der Waals surface area contributed by atoms with Crippen LogP contribution in [0.4, 0.5) is 5.13 Å². The molecule has 7 nitrogen and oxygen atoms in total. The van der Waals surface area contributed by atoms with Crippen molar-refractivity contribution < 1.29 is 14.3 Å². The average molecular weight is 471 g/mol. The van der Waals surface area contributed by atoms with Crippen molar-refractivity contribution in [2.45, 2.75) is 31.2 Å². The minimum Gasteiger partial charge on any atom is -0.497 e. The Hall–Kier alpha value is -2.91. The van der Waals surface area contributed by atoms with Crippen LogP contribution in [0.15, 0.2) is 59.5 Å². The molecule has 0 aliphatic rings. The van der Waals surface area contributed by atoms with Gasteiger partial charge in [0, 0.05) is 10.5 Å². The first-order chi connectivity index (χ1) is 15.5. The van der Waals surface area contributed by atoms with Gasteiger partial charge in [0.15, 0.2) is 0 Å². The molecule has 0 aliphatic carbocycles. The van der Waals surface area contributed by atoms with Gasteiger partial charge in [-0.3, -0.25) is 14.9 Å². The van der Waals surface area contributed by atoms with Crippen molar-refractivity contribution in [1.82, 2.24) is 15.5 Å². The number of carbonyl (C=O) groups is 2. The summed E-state index contributed by atoms with van der Waals surface area (Å²) >= 11 is 2.72. The van der Waals surface area contributed by atoms with E-state index < -0.39 is 6.04 Å². The molecule has 3 aromatic rings. The lowest BCUT2D eigenvalue weighted by Gasteiger charge is -2.22. The number of aromatic nitrogens is 2. The van der Waals surface area contributed by atoms with E-state index in [1.54, 1.807) is 7.11 Å². The van der Waals surface area contributed by atoms with Gasteiger partial charge in [-0.2, -0.15) is 0 Å². The number of hydrogen-bond donors (Lipinski definition) is 2. The third-order valence-corrected chi connectivity index (χ3v) is 6.82. The highest BCUT2D eigenvalue weighted by molar-refractivity contribution is 8.00. The Morgan fingerprint density at radius 3 is 2.47 bits per heavy atom. The lowest BCUT2D eigenvalue weighted by Crippen LogP contribution is -2.48. The van der Waals surface area contributed by atoms with Crippen molar-refractivity contribution >= 4 is 40.0 Å². The summed E-state index contributed by atoms with van der Waals surface area (Å²) < 4.78 is 5.17. The van der Waals surface area contributed by atoms with Crippen LogP contribution in [0, 0.1) is 5.92 Å². The summed E-state index contributed by atoms with van der Waals surface area (Å²) in [4.78, 5) is 26.4. The van der Waals surface area contributed by atoms with E-state index in [2.05, 4.69) is 20.8 Å². The molecule has 0 spiro atoms. The quantitative estimate of drug-likeness (QED) is 0.425. The van der Waals surface area contributed by atoms with Gasteiger partial charge in [0.1, 0.15) is 16.8 Å². The third-order valence-electron chi connectivity index (χ3n) is 4.92. The first-order valence-corrected chi connectivity index (χ1v) is 12.1. The average Bonchev–Trinajstić information content (AvgIpc) is 3.29. The maximum atomic E-state index is 12.9. The van der Waals surface area contributed by atoms with Crippen LogP contribution in [0.25, 0.3) is 10.6 Å². The van der Waals surface area contributed by atoms with Crippen LogP contribution in [-0.4, -0.2) is 40.9 Å².